The fraction of sp³-hybridized carbons (Fsp3) is 0.500. The molecule has 14 heavy (non-hydrogen) atoms. The Bertz CT molecular complexity index is 348. The number of carbonyl (C=O) groups excluding carboxylic acids is 1. The van der Waals surface area contributed by atoms with Crippen LogP contribution in [-0.2, 0) is 4.74 Å². The summed E-state index contributed by atoms with van der Waals surface area (Å²) in [7, 11) is 0. The summed E-state index contributed by atoms with van der Waals surface area (Å²) in [6.45, 7) is 2.18. The second kappa shape index (κ2) is 3.74. The molecule has 1 aliphatic carbocycles. The van der Waals surface area contributed by atoms with E-state index in [-0.39, 0.29) is 5.97 Å². The molecule has 0 N–H and O–H groups in total. The Morgan fingerprint density at radius 2 is 2.43 bits per heavy atom. The standard InChI is InChI=1S/C10H12N2O2/c1-2-14-10(13)8-5-11-6-12-9(8)7-3-4-7/h5-7H,2-4H2,1H3. The molecular weight excluding hydrogens is 180 g/mol. The van der Waals surface area contributed by atoms with Gasteiger partial charge in [-0.15, -0.1) is 0 Å². The van der Waals surface area contributed by atoms with Crippen LogP contribution in [0.5, 0.6) is 0 Å². The minimum absolute atomic E-state index is 0.310. The molecule has 4 nitrogen and oxygen atoms in total. The third-order valence-electron chi connectivity index (χ3n) is 2.20. The first kappa shape index (κ1) is 9.12. The van der Waals surface area contributed by atoms with E-state index in [9.17, 15) is 4.79 Å². The Balaban J connectivity index is 2.26. The lowest BCUT2D eigenvalue weighted by atomic mass is 10.1. The maximum absolute atomic E-state index is 11.5. The lowest BCUT2D eigenvalue weighted by Crippen LogP contribution is -2.09. The summed E-state index contributed by atoms with van der Waals surface area (Å²) in [5, 5.41) is 0. The summed E-state index contributed by atoms with van der Waals surface area (Å²) in [4.78, 5) is 19.5. The van der Waals surface area contributed by atoms with Gasteiger partial charge in [0.2, 0.25) is 0 Å². The number of hydrogen-bond donors (Lipinski definition) is 0. The van der Waals surface area contributed by atoms with Crippen molar-refractivity contribution in [3.05, 3.63) is 23.8 Å². The maximum atomic E-state index is 11.5. The Kier molecular flexibility index (Phi) is 2.43. The minimum Gasteiger partial charge on any atom is -0.462 e. The van der Waals surface area contributed by atoms with Crippen LogP contribution in [0.3, 0.4) is 0 Å². The van der Waals surface area contributed by atoms with E-state index in [1.807, 2.05) is 0 Å². The Morgan fingerprint density at radius 3 is 3.07 bits per heavy atom. The Hall–Kier alpha value is -1.45. The van der Waals surface area contributed by atoms with E-state index in [0.717, 1.165) is 18.5 Å². The highest BCUT2D eigenvalue weighted by Crippen LogP contribution is 2.40. The highest BCUT2D eigenvalue weighted by Gasteiger charge is 2.29. The summed E-state index contributed by atoms with van der Waals surface area (Å²) >= 11 is 0. The zero-order valence-electron chi connectivity index (χ0n) is 8.06. The first-order chi connectivity index (χ1) is 6.83. The molecule has 0 radical (unpaired) electrons. The number of nitrogens with zero attached hydrogens (tertiary/aromatic N) is 2. The van der Waals surface area contributed by atoms with E-state index in [0.29, 0.717) is 18.1 Å². The predicted molar refractivity (Wildman–Crippen MR) is 50.0 cm³/mol. The number of esters is 1. The summed E-state index contributed by atoms with van der Waals surface area (Å²) in [5.41, 5.74) is 1.37. The summed E-state index contributed by atoms with van der Waals surface area (Å²) in [6.07, 6.45) is 5.25. The normalized spacial score (nSPS) is 15.2. The van der Waals surface area contributed by atoms with E-state index in [1.54, 1.807) is 13.1 Å². The van der Waals surface area contributed by atoms with E-state index >= 15 is 0 Å². The number of rotatable bonds is 3. The van der Waals surface area contributed by atoms with Gasteiger partial charge in [0.25, 0.3) is 0 Å². The van der Waals surface area contributed by atoms with Gasteiger partial charge in [0.1, 0.15) is 6.33 Å². The highest BCUT2D eigenvalue weighted by atomic mass is 16.5. The van der Waals surface area contributed by atoms with Gasteiger partial charge < -0.3 is 4.74 Å². The molecule has 1 fully saturated rings. The molecular formula is C10H12N2O2. The third kappa shape index (κ3) is 1.73. The van der Waals surface area contributed by atoms with Crippen LogP contribution in [0, 0.1) is 0 Å². The molecule has 4 heteroatoms. The zero-order valence-corrected chi connectivity index (χ0v) is 8.06. The van der Waals surface area contributed by atoms with Crippen molar-refractivity contribution in [2.75, 3.05) is 6.61 Å². The lowest BCUT2D eigenvalue weighted by Gasteiger charge is -2.05. The van der Waals surface area contributed by atoms with Crippen molar-refractivity contribution in [2.24, 2.45) is 0 Å². The van der Waals surface area contributed by atoms with Gasteiger partial charge in [0, 0.05) is 12.1 Å². The minimum atomic E-state index is -0.310. The van der Waals surface area contributed by atoms with Crippen LogP contribution in [0.1, 0.15) is 41.7 Å². The molecule has 0 spiro atoms. The van der Waals surface area contributed by atoms with Crippen LogP contribution < -0.4 is 0 Å². The topological polar surface area (TPSA) is 52.1 Å². The van der Waals surface area contributed by atoms with Crippen molar-refractivity contribution < 1.29 is 9.53 Å². The van der Waals surface area contributed by atoms with Gasteiger partial charge in [-0.25, -0.2) is 14.8 Å². The van der Waals surface area contributed by atoms with Crippen molar-refractivity contribution in [2.45, 2.75) is 25.7 Å². The van der Waals surface area contributed by atoms with Crippen LogP contribution in [0.25, 0.3) is 0 Å². The van der Waals surface area contributed by atoms with Crippen molar-refractivity contribution in [1.82, 2.24) is 9.97 Å². The van der Waals surface area contributed by atoms with Crippen LogP contribution in [0.2, 0.25) is 0 Å². The number of aromatic nitrogens is 2. The summed E-state index contributed by atoms with van der Waals surface area (Å²) in [5.74, 6) is 0.132. The monoisotopic (exact) mass is 192 g/mol. The Labute approximate surface area is 82.3 Å². The van der Waals surface area contributed by atoms with Crippen molar-refractivity contribution in [1.29, 1.82) is 0 Å². The fourth-order valence-electron chi connectivity index (χ4n) is 1.39. The molecule has 0 aliphatic heterocycles. The van der Waals surface area contributed by atoms with Gasteiger partial charge in [0.15, 0.2) is 0 Å². The molecule has 0 bridgehead atoms. The number of ether oxygens (including phenoxy) is 1. The average Bonchev–Trinajstić information content (AvgIpc) is 3.01. The molecule has 0 unspecified atom stereocenters. The van der Waals surface area contributed by atoms with Crippen LogP contribution in [-0.4, -0.2) is 22.5 Å². The average molecular weight is 192 g/mol. The molecule has 0 saturated heterocycles. The number of carbonyl (C=O) groups is 1. The maximum Gasteiger partial charge on any atom is 0.341 e. The quantitative estimate of drug-likeness (QED) is 0.681. The predicted octanol–water partition coefficient (Wildman–Crippen LogP) is 1.53. The van der Waals surface area contributed by atoms with E-state index in [2.05, 4.69) is 9.97 Å². The van der Waals surface area contributed by atoms with Gasteiger partial charge in [-0.2, -0.15) is 0 Å². The van der Waals surface area contributed by atoms with E-state index in [4.69, 9.17) is 4.74 Å². The summed E-state index contributed by atoms with van der Waals surface area (Å²) < 4.78 is 4.93. The molecule has 0 aromatic carbocycles. The molecule has 1 aliphatic rings. The van der Waals surface area contributed by atoms with Crippen molar-refractivity contribution >= 4 is 5.97 Å². The highest BCUT2D eigenvalue weighted by molar-refractivity contribution is 5.90. The van der Waals surface area contributed by atoms with Gasteiger partial charge in [-0.05, 0) is 19.8 Å². The largest absolute Gasteiger partial charge is 0.462 e. The van der Waals surface area contributed by atoms with Crippen LogP contribution in [0.4, 0.5) is 0 Å². The molecule has 1 aromatic rings. The van der Waals surface area contributed by atoms with Gasteiger partial charge >= 0.3 is 5.97 Å². The second-order valence-corrected chi connectivity index (χ2v) is 3.32. The van der Waals surface area contributed by atoms with Crippen LogP contribution >= 0.6 is 0 Å². The fourth-order valence-corrected chi connectivity index (χ4v) is 1.39. The summed E-state index contributed by atoms with van der Waals surface area (Å²) in [6, 6.07) is 0. The van der Waals surface area contributed by atoms with Gasteiger partial charge in [0.05, 0.1) is 17.9 Å². The van der Waals surface area contributed by atoms with E-state index in [1.165, 1.54) is 6.33 Å². The zero-order chi connectivity index (χ0) is 9.97. The molecule has 1 aromatic heterocycles. The molecule has 74 valence electrons. The lowest BCUT2D eigenvalue weighted by molar-refractivity contribution is 0.0524. The smallest absolute Gasteiger partial charge is 0.341 e. The van der Waals surface area contributed by atoms with Crippen molar-refractivity contribution in [3.63, 3.8) is 0 Å². The molecule has 1 heterocycles. The van der Waals surface area contributed by atoms with Gasteiger partial charge in [-0.3, -0.25) is 0 Å². The first-order valence-corrected chi connectivity index (χ1v) is 4.80. The third-order valence-corrected chi connectivity index (χ3v) is 2.20. The molecule has 1 saturated carbocycles. The molecule has 0 amide bonds. The molecule has 0 atom stereocenters. The van der Waals surface area contributed by atoms with Gasteiger partial charge in [-0.1, -0.05) is 0 Å². The van der Waals surface area contributed by atoms with Crippen LogP contribution in [0.15, 0.2) is 12.5 Å². The number of hydrogen-bond acceptors (Lipinski definition) is 4. The SMILES string of the molecule is CCOC(=O)c1cncnc1C1CC1. The van der Waals surface area contributed by atoms with E-state index < -0.39 is 0 Å². The first-order valence-electron chi connectivity index (χ1n) is 4.80. The van der Waals surface area contributed by atoms with Crippen molar-refractivity contribution in [3.8, 4) is 0 Å². The second-order valence-electron chi connectivity index (χ2n) is 3.32. The Morgan fingerprint density at radius 1 is 1.64 bits per heavy atom. The molecule has 2 rings (SSSR count).